The second-order valence-electron chi connectivity index (χ2n) is 5.67. The van der Waals surface area contributed by atoms with Crippen molar-refractivity contribution >= 4 is 33.8 Å². The van der Waals surface area contributed by atoms with E-state index in [0.29, 0.717) is 5.92 Å². The summed E-state index contributed by atoms with van der Waals surface area (Å²) in [5.41, 5.74) is 7.73. The highest BCUT2D eigenvalue weighted by Gasteiger charge is 2.20. The third kappa shape index (κ3) is 6.34. The Morgan fingerprint density at radius 3 is 2.14 bits per heavy atom. The molecule has 0 bridgehead atoms. The number of carbonyl (C=O) groups excluding carboxylic acids is 1. The number of hydrogen-bond donors (Lipinski definition) is 1. The molecule has 5 nitrogen and oxygen atoms in total. The molecule has 1 aromatic rings. The number of hydrogen-bond acceptors (Lipinski definition) is 4. The predicted molar refractivity (Wildman–Crippen MR) is 93.5 cm³/mol. The summed E-state index contributed by atoms with van der Waals surface area (Å²) in [5, 5.41) is 0. The fourth-order valence-corrected chi connectivity index (χ4v) is 2.61. The van der Waals surface area contributed by atoms with E-state index in [-0.39, 0.29) is 30.5 Å². The van der Waals surface area contributed by atoms with Crippen LogP contribution in [0.25, 0.3) is 0 Å². The molecular formula is C15H25ClN2O3S. The average molecular weight is 349 g/mol. The normalized spacial score (nSPS) is 12.6. The zero-order valence-corrected chi connectivity index (χ0v) is 15.1. The number of sulfone groups is 1. The highest BCUT2D eigenvalue weighted by Crippen LogP contribution is 2.19. The minimum atomic E-state index is -3.11. The van der Waals surface area contributed by atoms with Crippen molar-refractivity contribution in [1.82, 2.24) is 0 Å². The summed E-state index contributed by atoms with van der Waals surface area (Å²) < 4.78 is 22.2. The van der Waals surface area contributed by atoms with Gasteiger partial charge >= 0.3 is 0 Å². The van der Waals surface area contributed by atoms with Crippen LogP contribution in [0.15, 0.2) is 24.3 Å². The number of benzene rings is 1. The van der Waals surface area contributed by atoms with Crippen LogP contribution in [0, 0.1) is 0 Å². The Morgan fingerprint density at radius 2 is 1.73 bits per heavy atom. The number of carbonyl (C=O) groups is 1. The molecule has 1 aromatic carbocycles. The Morgan fingerprint density at radius 1 is 1.23 bits per heavy atom. The molecule has 0 aliphatic rings. The maximum absolute atomic E-state index is 12.2. The Kier molecular flexibility index (Phi) is 8.07. The number of nitrogens with two attached hydrogens (primary N) is 1. The smallest absolute Gasteiger partial charge is 0.243 e. The summed E-state index contributed by atoms with van der Waals surface area (Å²) in [7, 11) is -1.46. The Labute approximate surface area is 139 Å². The predicted octanol–water partition coefficient (Wildman–Crippen LogP) is 1.96. The van der Waals surface area contributed by atoms with Gasteiger partial charge in [-0.2, -0.15) is 0 Å². The van der Waals surface area contributed by atoms with E-state index in [0.717, 1.165) is 11.9 Å². The van der Waals surface area contributed by atoms with Crippen LogP contribution in [-0.2, 0) is 14.6 Å². The van der Waals surface area contributed by atoms with Crippen molar-refractivity contribution in [3.05, 3.63) is 29.8 Å². The number of anilines is 1. The maximum Gasteiger partial charge on any atom is 0.243 e. The van der Waals surface area contributed by atoms with E-state index in [1.165, 1.54) is 10.5 Å². The molecule has 1 unspecified atom stereocenters. The molecule has 2 N–H and O–H groups in total. The zero-order chi connectivity index (χ0) is 16.2. The van der Waals surface area contributed by atoms with Crippen LogP contribution in [0.4, 0.5) is 5.69 Å². The number of halogens is 1. The monoisotopic (exact) mass is 348 g/mol. The molecule has 0 fully saturated rings. The zero-order valence-electron chi connectivity index (χ0n) is 13.4. The lowest BCUT2D eigenvalue weighted by atomic mass is 10.0. The topological polar surface area (TPSA) is 80.5 Å². The lowest BCUT2D eigenvalue weighted by molar-refractivity contribution is -0.119. The molecule has 7 heteroatoms. The maximum atomic E-state index is 12.2. The fraction of sp³-hybridized carbons (Fsp3) is 0.533. The minimum Gasteiger partial charge on any atom is -0.320 e. The van der Waals surface area contributed by atoms with Gasteiger partial charge in [-0.05, 0) is 30.0 Å². The molecule has 22 heavy (non-hydrogen) atoms. The molecule has 0 radical (unpaired) electrons. The van der Waals surface area contributed by atoms with E-state index in [4.69, 9.17) is 5.73 Å². The first-order chi connectivity index (χ1) is 9.61. The summed E-state index contributed by atoms with van der Waals surface area (Å²) in [6.07, 6.45) is 1.27. The van der Waals surface area contributed by atoms with Crippen molar-refractivity contribution in [2.24, 2.45) is 5.73 Å². The lowest BCUT2D eigenvalue weighted by Gasteiger charge is -2.21. The first-order valence-electron chi connectivity index (χ1n) is 6.92. The number of nitrogens with zero attached hydrogens (tertiary/aromatic N) is 1. The van der Waals surface area contributed by atoms with Crippen molar-refractivity contribution < 1.29 is 13.2 Å². The van der Waals surface area contributed by atoms with Crippen LogP contribution in [0.1, 0.15) is 31.7 Å². The van der Waals surface area contributed by atoms with E-state index in [1.54, 1.807) is 7.05 Å². The molecular weight excluding hydrogens is 324 g/mol. The van der Waals surface area contributed by atoms with Crippen LogP contribution in [0.2, 0.25) is 0 Å². The van der Waals surface area contributed by atoms with Gasteiger partial charge in [0.1, 0.15) is 9.84 Å². The summed E-state index contributed by atoms with van der Waals surface area (Å²) in [4.78, 5) is 13.7. The first kappa shape index (κ1) is 20.9. The van der Waals surface area contributed by atoms with Gasteiger partial charge in [0.15, 0.2) is 0 Å². The van der Waals surface area contributed by atoms with Crippen LogP contribution >= 0.6 is 12.4 Å². The number of amides is 1. The molecule has 0 aliphatic carbocycles. The molecule has 0 saturated heterocycles. The molecule has 0 aliphatic heterocycles. The molecule has 0 saturated carbocycles. The Bertz CT molecular complexity index is 585. The van der Waals surface area contributed by atoms with Gasteiger partial charge in [0.25, 0.3) is 0 Å². The highest BCUT2D eigenvalue weighted by molar-refractivity contribution is 7.90. The van der Waals surface area contributed by atoms with E-state index < -0.39 is 15.9 Å². The van der Waals surface area contributed by atoms with E-state index in [2.05, 4.69) is 13.8 Å². The number of likely N-dealkylation sites (N-methyl/N-ethyl adjacent to an activating group) is 1. The SMILES string of the molecule is CC(C)c1ccc(N(C)C(=O)C(N)CCS(C)(=O)=O)cc1.Cl. The van der Waals surface area contributed by atoms with Gasteiger partial charge in [0.05, 0.1) is 11.8 Å². The van der Waals surface area contributed by atoms with Crippen LogP contribution in [-0.4, -0.2) is 39.4 Å². The minimum absolute atomic E-state index is 0. The van der Waals surface area contributed by atoms with Gasteiger partial charge in [-0.25, -0.2) is 8.42 Å². The van der Waals surface area contributed by atoms with Gasteiger partial charge in [0, 0.05) is 19.0 Å². The molecule has 1 atom stereocenters. The van der Waals surface area contributed by atoms with Crippen LogP contribution in [0.3, 0.4) is 0 Å². The lowest BCUT2D eigenvalue weighted by Crippen LogP contribution is -2.42. The van der Waals surface area contributed by atoms with Gasteiger partial charge < -0.3 is 10.6 Å². The highest BCUT2D eigenvalue weighted by atomic mass is 35.5. The van der Waals surface area contributed by atoms with Crippen LogP contribution < -0.4 is 10.6 Å². The summed E-state index contributed by atoms with van der Waals surface area (Å²) in [5.74, 6) is 0.0630. The second-order valence-corrected chi connectivity index (χ2v) is 7.93. The van der Waals surface area contributed by atoms with Crippen molar-refractivity contribution in [1.29, 1.82) is 0 Å². The summed E-state index contributed by atoms with van der Waals surface area (Å²) in [6, 6.07) is 6.89. The largest absolute Gasteiger partial charge is 0.320 e. The quantitative estimate of drug-likeness (QED) is 0.852. The van der Waals surface area contributed by atoms with E-state index in [9.17, 15) is 13.2 Å². The summed E-state index contributed by atoms with van der Waals surface area (Å²) >= 11 is 0. The first-order valence-corrected chi connectivity index (χ1v) is 8.98. The third-order valence-electron chi connectivity index (χ3n) is 3.39. The van der Waals surface area contributed by atoms with Crippen molar-refractivity contribution in [2.45, 2.75) is 32.2 Å². The van der Waals surface area contributed by atoms with Crippen molar-refractivity contribution in [3.63, 3.8) is 0 Å². The fourth-order valence-electron chi connectivity index (χ4n) is 1.92. The van der Waals surface area contributed by atoms with E-state index in [1.807, 2.05) is 24.3 Å². The molecule has 0 spiro atoms. The van der Waals surface area contributed by atoms with Gasteiger partial charge in [-0.15, -0.1) is 12.4 Å². The van der Waals surface area contributed by atoms with Gasteiger partial charge in [-0.3, -0.25) is 4.79 Å². The van der Waals surface area contributed by atoms with E-state index >= 15 is 0 Å². The number of rotatable bonds is 6. The molecule has 1 rings (SSSR count). The second kappa shape index (κ2) is 8.50. The van der Waals surface area contributed by atoms with Gasteiger partial charge in [-0.1, -0.05) is 26.0 Å². The van der Waals surface area contributed by atoms with Crippen molar-refractivity contribution in [3.8, 4) is 0 Å². The average Bonchev–Trinajstić information content (AvgIpc) is 2.42. The third-order valence-corrected chi connectivity index (χ3v) is 4.37. The molecule has 0 aromatic heterocycles. The molecule has 126 valence electrons. The van der Waals surface area contributed by atoms with Gasteiger partial charge in [0.2, 0.25) is 5.91 Å². The molecule has 1 amide bonds. The van der Waals surface area contributed by atoms with Crippen LogP contribution in [0.5, 0.6) is 0 Å². The Balaban J connectivity index is 0.00000441. The van der Waals surface area contributed by atoms with Crippen molar-refractivity contribution in [2.75, 3.05) is 24.0 Å². The standard InChI is InChI=1S/C15H24N2O3S.ClH/c1-11(2)12-5-7-13(8-6-12)17(3)15(18)14(16)9-10-21(4,19)20;/h5-8,11,14H,9-10,16H2,1-4H3;1H. The Hall–Kier alpha value is -1.11. The summed E-state index contributed by atoms with van der Waals surface area (Å²) in [6.45, 7) is 4.20. The molecule has 0 heterocycles.